The molecule has 0 spiro atoms. The number of carbonyl (C=O) groups excluding carboxylic acids is 2. The van der Waals surface area contributed by atoms with E-state index < -0.39 is 148 Å². The molecule has 0 aromatic carbocycles. The zero-order valence-electron chi connectivity index (χ0n) is 71.7. The number of ether oxygens (including phenoxy) is 6. The van der Waals surface area contributed by atoms with Crippen LogP contribution in [-0.2, 0) is 42.8 Å². The molecule has 0 radical (unpaired) electrons. The average molecular weight is 1630 g/mol. The molecule has 14 N–H and O–H groups in total. The van der Waals surface area contributed by atoms with Gasteiger partial charge in [-0.3, -0.25) is 9.59 Å². The van der Waals surface area contributed by atoms with Gasteiger partial charge in [0.1, 0.15) is 67.1 Å². The summed E-state index contributed by atoms with van der Waals surface area (Å²) >= 11 is 0. The quantitative estimate of drug-likeness (QED) is 0.0199. The van der Waals surface area contributed by atoms with E-state index in [0.717, 1.165) is 64.7 Å². The van der Waals surface area contributed by atoms with Crippen molar-refractivity contribution in [3.8, 4) is 0 Å². The molecule has 18 atom stereocenters. The Bertz CT molecular complexity index is 2340. The fraction of sp³-hybridized carbons (Fsp3) is 0.923. The highest BCUT2D eigenvalue weighted by atomic mass is 16.8. The number of carbonyl (C=O) groups is 3. The molecule has 3 aliphatic heterocycles. The number of aliphatic hydroxyl groups excluding tert-OH is 11. The highest BCUT2D eigenvalue weighted by Crippen LogP contribution is 2.39. The van der Waals surface area contributed by atoms with Gasteiger partial charge in [0.15, 0.2) is 12.6 Å². The van der Waals surface area contributed by atoms with Crippen LogP contribution in [0.15, 0.2) is 24.3 Å². The minimum absolute atomic E-state index is 0.226. The van der Waals surface area contributed by atoms with Crippen molar-refractivity contribution in [3.05, 3.63) is 24.3 Å². The van der Waals surface area contributed by atoms with Crippen LogP contribution in [0, 0.1) is 0 Å². The highest BCUT2D eigenvalue weighted by Gasteiger charge is 2.60. The van der Waals surface area contributed by atoms with E-state index in [2.05, 4.69) is 48.8 Å². The number of allylic oxidation sites excluding steroid dienone is 4. The number of rotatable bonds is 76. The van der Waals surface area contributed by atoms with E-state index in [9.17, 15) is 75.7 Å². The van der Waals surface area contributed by atoms with Crippen LogP contribution in [0.2, 0.25) is 0 Å². The van der Waals surface area contributed by atoms with Crippen molar-refractivity contribution in [2.75, 3.05) is 26.4 Å². The first-order valence-corrected chi connectivity index (χ1v) is 46.7. The molecule has 3 aliphatic rings. The van der Waals surface area contributed by atoms with Crippen LogP contribution in [0.5, 0.6) is 0 Å². The molecule has 3 saturated heterocycles. The Kier molecular flexibility index (Phi) is 63.6. The molecule has 0 aromatic heterocycles. The summed E-state index contributed by atoms with van der Waals surface area (Å²) in [5, 5.41) is 137. The first-order chi connectivity index (χ1) is 55.4. The largest absolute Gasteiger partial charge is 0.477 e. The van der Waals surface area contributed by atoms with Gasteiger partial charge in [-0.2, -0.15) is 0 Å². The molecule has 670 valence electrons. The standard InChI is InChI=1S/C91H170N2O21/c1-4-6-8-10-12-14-16-18-20-22-24-26-27-28-29-30-31-32-33-34-35-36-37-38-39-40-41-42-43-45-47-49-51-53-55-57-59-61-63-65-78(101)93-72(73(98)64-62-60-58-56-54-52-50-48-46-44-25-23-21-19-17-15-13-11-9-7-5-2)70-109-88-83(105)82(104)85(77(69-96)111-88)112-89-84(106)87(81(103)76(68-95)110-89)114-91(90(107)108)66-74(99)79(92-71(3)97)86(113-91)80(102)75(100)67-94/h31-32,34-35,72-77,79-89,94-96,98-100,102-106H,4-30,33,36-70H2,1-3H3,(H,92,97)(H,93,101)(H,107,108)/b32-31-,35-34-. The summed E-state index contributed by atoms with van der Waals surface area (Å²) in [4.78, 5) is 38.8. The third-order valence-electron chi connectivity index (χ3n) is 23.7. The SMILES string of the molecule is CCCCCCCCCCCCCCCCC/C=C\C/C=C\CCCCCCCCCCCCCCCCCCCC(=O)NC(COC1OC(CO)C(OC2OC(CO)C(O)C(OC3(C(=O)O)CC(O)C(NC(C)=O)C(C(O)C(O)CO)O3)C2O)C(O)C1O)C(O)CCCCCCCCCCCCCCCCCCCCCCC. The van der Waals surface area contributed by atoms with Crippen molar-refractivity contribution < 1.29 is 104 Å². The molecule has 0 saturated carbocycles. The number of hydrogen-bond acceptors (Lipinski definition) is 20. The molecule has 3 rings (SSSR count). The molecule has 0 aliphatic carbocycles. The summed E-state index contributed by atoms with van der Waals surface area (Å²) in [6.07, 6.45) is 52.0. The number of carboxylic acids is 1. The van der Waals surface area contributed by atoms with E-state index >= 15 is 0 Å². The summed E-state index contributed by atoms with van der Waals surface area (Å²) in [6.45, 7) is 2.28. The summed E-state index contributed by atoms with van der Waals surface area (Å²) in [5.74, 6) is -6.09. The maximum atomic E-state index is 13.6. The van der Waals surface area contributed by atoms with Gasteiger partial charge in [0.2, 0.25) is 11.8 Å². The predicted octanol–water partition coefficient (Wildman–Crippen LogP) is 15.4. The average Bonchev–Trinajstić information content (AvgIpc) is 0.752. The molecular formula is C91H170N2O21. The maximum Gasteiger partial charge on any atom is 0.364 e. The lowest BCUT2D eigenvalue weighted by Crippen LogP contribution is -2.70. The minimum atomic E-state index is -3.08. The number of unbranched alkanes of at least 4 members (excludes halogenated alkanes) is 52. The number of amides is 2. The lowest BCUT2D eigenvalue weighted by atomic mass is 9.88. The topological polar surface area (TPSA) is 373 Å². The van der Waals surface area contributed by atoms with Crippen LogP contribution >= 0.6 is 0 Å². The van der Waals surface area contributed by atoms with Crippen LogP contribution in [0.1, 0.15) is 400 Å². The Balaban J connectivity index is 1.40. The highest BCUT2D eigenvalue weighted by molar-refractivity contribution is 5.77. The number of carboxylic acid groups (broad SMARTS) is 1. The summed E-state index contributed by atoms with van der Waals surface area (Å²) < 4.78 is 35.1. The zero-order chi connectivity index (χ0) is 83.1. The van der Waals surface area contributed by atoms with Crippen LogP contribution in [-0.4, -0.2) is 215 Å². The maximum absolute atomic E-state index is 13.6. The molecule has 114 heavy (non-hydrogen) atoms. The van der Waals surface area contributed by atoms with E-state index in [0.29, 0.717) is 19.3 Å². The summed E-state index contributed by atoms with van der Waals surface area (Å²) in [5.41, 5.74) is 0. The second-order valence-corrected chi connectivity index (χ2v) is 33.9. The molecule has 23 heteroatoms. The Morgan fingerprint density at radius 1 is 0.456 bits per heavy atom. The number of nitrogens with one attached hydrogen (secondary N) is 2. The molecule has 2 amide bonds. The normalized spacial score (nSPS) is 25.2. The lowest BCUT2D eigenvalue weighted by Gasteiger charge is -2.50. The van der Waals surface area contributed by atoms with Crippen LogP contribution in [0.3, 0.4) is 0 Å². The monoisotopic (exact) mass is 1630 g/mol. The van der Waals surface area contributed by atoms with Crippen molar-refractivity contribution in [1.29, 1.82) is 0 Å². The second kappa shape index (κ2) is 68.8. The molecular weight excluding hydrogens is 1460 g/mol. The fourth-order valence-electron chi connectivity index (χ4n) is 16.3. The van der Waals surface area contributed by atoms with Crippen LogP contribution < -0.4 is 10.6 Å². The van der Waals surface area contributed by atoms with Gasteiger partial charge < -0.3 is 100 Å². The van der Waals surface area contributed by atoms with E-state index in [4.69, 9.17) is 28.4 Å². The third kappa shape index (κ3) is 46.9. The first-order valence-electron chi connectivity index (χ1n) is 46.7. The Morgan fingerprint density at radius 3 is 1.23 bits per heavy atom. The Labute approximate surface area is 689 Å². The number of hydrogen-bond donors (Lipinski definition) is 14. The van der Waals surface area contributed by atoms with Crippen molar-refractivity contribution in [1.82, 2.24) is 10.6 Å². The van der Waals surface area contributed by atoms with Gasteiger partial charge in [0, 0.05) is 19.8 Å². The van der Waals surface area contributed by atoms with Crippen molar-refractivity contribution in [2.45, 2.75) is 509 Å². The fourth-order valence-corrected chi connectivity index (χ4v) is 16.3. The van der Waals surface area contributed by atoms with Gasteiger partial charge in [-0.1, -0.05) is 359 Å². The molecule has 0 bridgehead atoms. The molecule has 3 heterocycles. The van der Waals surface area contributed by atoms with Gasteiger partial charge in [0.05, 0.1) is 50.7 Å². The Hall–Kier alpha value is -2.79. The number of aliphatic carboxylic acids is 1. The lowest BCUT2D eigenvalue weighted by molar-refractivity contribution is -0.386. The van der Waals surface area contributed by atoms with Gasteiger partial charge in [-0.05, 0) is 44.9 Å². The molecule has 18 unspecified atom stereocenters. The number of aliphatic hydroxyl groups is 11. The van der Waals surface area contributed by atoms with Gasteiger partial charge in [0.25, 0.3) is 5.79 Å². The van der Waals surface area contributed by atoms with Gasteiger partial charge in [-0.25, -0.2) is 4.79 Å². The first kappa shape index (κ1) is 105. The van der Waals surface area contributed by atoms with Crippen molar-refractivity contribution in [2.24, 2.45) is 0 Å². The van der Waals surface area contributed by atoms with E-state index in [1.807, 2.05) is 0 Å². The zero-order valence-corrected chi connectivity index (χ0v) is 71.7. The summed E-state index contributed by atoms with van der Waals surface area (Å²) in [6, 6.07) is -2.53. The van der Waals surface area contributed by atoms with E-state index in [1.54, 1.807) is 0 Å². The smallest absolute Gasteiger partial charge is 0.364 e. The second-order valence-electron chi connectivity index (χ2n) is 33.9. The third-order valence-corrected chi connectivity index (χ3v) is 23.7. The Morgan fingerprint density at radius 2 is 0.842 bits per heavy atom. The molecule has 0 aromatic rings. The molecule has 23 nitrogen and oxygen atoms in total. The summed E-state index contributed by atoms with van der Waals surface area (Å²) in [7, 11) is 0. The van der Waals surface area contributed by atoms with E-state index in [1.165, 1.54) is 289 Å². The molecule has 3 fully saturated rings. The minimum Gasteiger partial charge on any atom is -0.477 e. The van der Waals surface area contributed by atoms with E-state index in [-0.39, 0.29) is 18.9 Å². The van der Waals surface area contributed by atoms with Crippen LogP contribution in [0.25, 0.3) is 0 Å². The van der Waals surface area contributed by atoms with Crippen LogP contribution in [0.4, 0.5) is 0 Å². The van der Waals surface area contributed by atoms with Crippen molar-refractivity contribution in [3.63, 3.8) is 0 Å². The van der Waals surface area contributed by atoms with Gasteiger partial charge >= 0.3 is 5.97 Å². The van der Waals surface area contributed by atoms with Crippen molar-refractivity contribution >= 4 is 17.8 Å². The predicted molar refractivity (Wildman–Crippen MR) is 449 cm³/mol. The van der Waals surface area contributed by atoms with Gasteiger partial charge in [-0.15, -0.1) is 0 Å².